The number of nitrogens with zero attached hydrogens (tertiary/aromatic N) is 2. The highest BCUT2D eigenvalue weighted by atomic mass is 19.1. The third-order valence-corrected chi connectivity index (χ3v) is 10.6. The summed E-state index contributed by atoms with van der Waals surface area (Å²) in [4.78, 5) is 4.84. The lowest BCUT2D eigenvalue weighted by Crippen LogP contribution is -2.35. The largest absolute Gasteiger partial charge is 0.357 e. The van der Waals surface area contributed by atoms with Gasteiger partial charge in [0.25, 0.3) is 0 Å². The number of halogens is 1. The Morgan fingerprint density at radius 1 is 0.936 bits per heavy atom. The van der Waals surface area contributed by atoms with E-state index in [1.54, 1.807) is 30.6 Å². The molecule has 0 N–H and O–H groups in total. The summed E-state index contributed by atoms with van der Waals surface area (Å²) in [5.74, 6) is 3.67. The van der Waals surface area contributed by atoms with Crippen molar-refractivity contribution in [1.82, 2.24) is 9.80 Å². The van der Waals surface area contributed by atoms with Gasteiger partial charge < -0.3 is 9.80 Å². The fraction of sp³-hybridized carbons (Fsp3) is 0.727. The van der Waals surface area contributed by atoms with Gasteiger partial charge in [-0.15, -0.1) is 0 Å². The van der Waals surface area contributed by atoms with Gasteiger partial charge in [0.15, 0.2) is 0 Å². The average molecular weight is 653 g/mol. The summed E-state index contributed by atoms with van der Waals surface area (Å²) in [6.45, 7) is 38.4. The van der Waals surface area contributed by atoms with Gasteiger partial charge in [0.05, 0.1) is 0 Å². The molecule has 47 heavy (non-hydrogen) atoms. The molecule has 0 heterocycles. The Hall–Kier alpha value is -2.03. The molecule has 1 rings (SSSR count). The van der Waals surface area contributed by atoms with Crippen LogP contribution in [0.25, 0.3) is 0 Å². The first-order valence-corrected chi connectivity index (χ1v) is 19.1. The Morgan fingerprint density at radius 2 is 1.57 bits per heavy atom. The van der Waals surface area contributed by atoms with Gasteiger partial charge in [0.1, 0.15) is 11.5 Å². The van der Waals surface area contributed by atoms with Gasteiger partial charge in [-0.2, -0.15) is 0 Å². The minimum Gasteiger partial charge on any atom is -0.357 e. The third-order valence-electron chi connectivity index (χ3n) is 10.6. The van der Waals surface area contributed by atoms with Gasteiger partial charge in [0, 0.05) is 25.8 Å². The van der Waals surface area contributed by atoms with Crippen LogP contribution >= 0.6 is 0 Å². The summed E-state index contributed by atoms with van der Waals surface area (Å²) >= 11 is 0. The average Bonchev–Trinajstić information content (AvgIpc) is 3.23. The van der Waals surface area contributed by atoms with Crippen LogP contribution in [0.3, 0.4) is 0 Å². The van der Waals surface area contributed by atoms with E-state index in [1.165, 1.54) is 30.5 Å². The zero-order valence-electron chi connectivity index (χ0n) is 33.9. The molecule has 3 heteroatoms. The van der Waals surface area contributed by atoms with E-state index in [0.29, 0.717) is 17.8 Å². The van der Waals surface area contributed by atoms with E-state index in [9.17, 15) is 4.39 Å². The maximum Gasteiger partial charge on any atom is 0.130 e. The molecule has 2 unspecified atom stereocenters. The monoisotopic (exact) mass is 653 g/mol. The predicted octanol–water partition coefficient (Wildman–Crippen LogP) is 13.6. The van der Waals surface area contributed by atoms with Crippen LogP contribution in [-0.4, -0.2) is 35.6 Å². The van der Waals surface area contributed by atoms with Crippen molar-refractivity contribution in [2.45, 2.75) is 160 Å². The van der Waals surface area contributed by atoms with Gasteiger partial charge in [-0.25, -0.2) is 4.39 Å². The highest BCUT2D eigenvalue weighted by Crippen LogP contribution is 2.42. The molecule has 0 fully saturated rings. The van der Waals surface area contributed by atoms with Crippen molar-refractivity contribution in [3.05, 3.63) is 70.3 Å². The molecule has 0 aromatic heterocycles. The van der Waals surface area contributed by atoms with E-state index in [2.05, 4.69) is 112 Å². The van der Waals surface area contributed by atoms with E-state index in [4.69, 9.17) is 6.58 Å². The molecule has 0 spiro atoms. The molecule has 0 bridgehead atoms. The molecule has 0 aromatic rings. The molecule has 0 aromatic carbocycles. The molecule has 0 amide bonds. The number of hydrogen-bond acceptors (Lipinski definition) is 2. The maximum absolute atomic E-state index is 14.7. The molecule has 2 atom stereocenters. The normalized spacial score (nSPS) is 16.7. The molecular formula is C44H77FN2. The molecule has 0 aliphatic heterocycles. The van der Waals surface area contributed by atoms with Crippen LogP contribution in [0.15, 0.2) is 70.3 Å². The van der Waals surface area contributed by atoms with E-state index in [1.807, 2.05) is 12.2 Å². The minimum absolute atomic E-state index is 0.152. The Balaban J connectivity index is 3.45. The van der Waals surface area contributed by atoms with Crippen molar-refractivity contribution in [1.29, 1.82) is 0 Å². The minimum atomic E-state index is -1.33. The second kappa shape index (κ2) is 19.8. The zero-order valence-corrected chi connectivity index (χ0v) is 33.9. The highest BCUT2D eigenvalue weighted by Gasteiger charge is 2.29. The first-order valence-electron chi connectivity index (χ1n) is 19.1. The third kappa shape index (κ3) is 14.2. The SMILES string of the molecule is C=C(N(C)CC1=CCC=C(C(C)(C)F)C=C1)N(CCC)/C(CCCC)=C(\CC)CC(C)(C)C/C(=C(\C)C(C)C)C(C)CC(C)C(C)C. The van der Waals surface area contributed by atoms with Crippen molar-refractivity contribution < 1.29 is 4.39 Å². The van der Waals surface area contributed by atoms with Gasteiger partial charge in [-0.1, -0.05) is 130 Å². The van der Waals surface area contributed by atoms with E-state index >= 15 is 0 Å². The first-order chi connectivity index (χ1) is 21.8. The summed E-state index contributed by atoms with van der Waals surface area (Å²) in [5, 5.41) is 0. The van der Waals surface area contributed by atoms with Crippen LogP contribution in [0.4, 0.5) is 4.39 Å². The lowest BCUT2D eigenvalue weighted by atomic mass is 9.72. The predicted molar refractivity (Wildman–Crippen MR) is 209 cm³/mol. The number of hydrogen-bond donors (Lipinski definition) is 0. The Bertz CT molecular complexity index is 1130. The quantitative estimate of drug-likeness (QED) is 0.114. The summed E-state index contributed by atoms with van der Waals surface area (Å²) in [6.07, 6.45) is 18.1. The van der Waals surface area contributed by atoms with Crippen LogP contribution in [0.5, 0.6) is 0 Å². The molecule has 2 nitrogen and oxygen atoms in total. The van der Waals surface area contributed by atoms with Gasteiger partial charge in [-0.05, 0) is 112 Å². The fourth-order valence-electron chi connectivity index (χ4n) is 6.92. The molecule has 0 saturated heterocycles. The van der Waals surface area contributed by atoms with Crippen molar-refractivity contribution in [2.24, 2.45) is 29.1 Å². The van der Waals surface area contributed by atoms with Crippen LogP contribution < -0.4 is 0 Å². The first kappa shape index (κ1) is 43.0. The molecule has 0 saturated carbocycles. The number of unbranched alkanes of at least 4 members (excludes halogenated alkanes) is 1. The highest BCUT2D eigenvalue weighted by molar-refractivity contribution is 5.37. The van der Waals surface area contributed by atoms with Crippen LogP contribution in [0, 0.1) is 29.1 Å². The Labute approximate surface area is 293 Å². The van der Waals surface area contributed by atoms with Crippen LogP contribution in [0.2, 0.25) is 0 Å². The molecule has 1 aliphatic rings. The summed E-state index contributed by atoms with van der Waals surface area (Å²) in [5.41, 5.74) is 7.14. The molecule has 1 aliphatic carbocycles. The topological polar surface area (TPSA) is 6.48 Å². The zero-order chi connectivity index (χ0) is 36.1. The van der Waals surface area contributed by atoms with Gasteiger partial charge in [0.2, 0.25) is 0 Å². The van der Waals surface area contributed by atoms with E-state index in [0.717, 1.165) is 68.9 Å². The lowest BCUT2D eigenvalue weighted by Gasteiger charge is -2.38. The second-order valence-electron chi connectivity index (χ2n) is 16.7. The number of rotatable bonds is 21. The molecular weight excluding hydrogens is 575 g/mol. The molecule has 270 valence electrons. The number of allylic oxidation sites excluding steroid dienone is 8. The van der Waals surface area contributed by atoms with Crippen molar-refractivity contribution >= 4 is 0 Å². The Kier molecular flexibility index (Phi) is 18.1. The summed E-state index contributed by atoms with van der Waals surface area (Å²) < 4.78 is 14.7. The second-order valence-corrected chi connectivity index (χ2v) is 16.7. The van der Waals surface area contributed by atoms with E-state index < -0.39 is 5.67 Å². The standard InChI is InChI=1S/C44H77FN2/c1-17-20-24-42(47(27-18-2)37(11)46(16)31-38-22-21-23-40(26-25-38)44(14,15)45)39(19-3)29-43(12,13)30-41(36(10)33(6)7)35(9)28-34(8)32(4)5/h22-23,25-26,32-35H,11,17-21,24,27-31H2,1-10,12-16H3/b41-36-,42-39+. The summed E-state index contributed by atoms with van der Waals surface area (Å²) in [6, 6.07) is 0. The fourth-order valence-corrected chi connectivity index (χ4v) is 6.92. The van der Waals surface area contributed by atoms with Gasteiger partial charge in [-0.3, -0.25) is 0 Å². The van der Waals surface area contributed by atoms with E-state index in [-0.39, 0.29) is 5.41 Å². The van der Waals surface area contributed by atoms with Crippen molar-refractivity contribution in [2.75, 3.05) is 20.1 Å². The van der Waals surface area contributed by atoms with Crippen LogP contribution in [0.1, 0.15) is 155 Å². The number of likely N-dealkylation sites (N-methyl/N-ethyl adjacent to an activating group) is 1. The summed E-state index contributed by atoms with van der Waals surface area (Å²) in [7, 11) is 2.16. The number of alkyl halides is 1. The Morgan fingerprint density at radius 3 is 2.09 bits per heavy atom. The van der Waals surface area contributed by atoms with Crippen LogP contribution in [-0.2, 0) is 0 Å². The molecule has 0 radical (unpaired) electrons. The van der Waals surface area contributed by atoms with Crippen molar-refractivity contribution in [3.63, 3.8) is 0 Å². The maximum atomic E-state index is 14.7. The smallest absolute Gasteiger partial charge is 0.130 e. The van der Waals surface area contributed by atoms with Gasteiger partial charge >= 0.3 is 0 Å². The lowest BCUT2D eigenvalue weighted by molar-refractivity contribution is 0.271. The van der Waals surface area contributed by atoms with Crippen molar-refractivity contribution in [3.8, 4) is 0 Å².